The highest BCUT2D eigenvalue weighted by Gasteiger charge is 2.37. The molecule has 16 heavy (non-hydrogen) atoms. The summed E-state index contributed by atoms with van der Waals surface area (Å²) in [6.07, 6.45) is 3.74. The van der Waals surface area contributed by atoms with Crippen LogP contribution >= 0.6 is 0 Å². The Morgan fingerprint density at radius 2 is 1.94 bits per heavy atom. The monoisotopic (exact) mass is 225 g/mol. The van der Waals surface area contributed by atoms with E-state index in [1.54, 1.807) is 4.90 Å². The summed E-state index contributed by atoms with van der Waals surface area (Å²) in [6.45, 7) is 8.48. The number of Topliss-reactive ketones (excluding diaryl/α,β-unsaturated/α-hetero) is 1. The summed E-state index contributed by atoms with van der Waals surface area (Å²) in [5.74, 6) is -0.494. The van der Waals surface area contributed by atoms with Crippen LogP contribution in [-0.4, -0.2) is 29.2 Å². The molecule has 1 fully saturated rings. The standard InChI is InChI=1S/C13H23NO2/c1-5-10-8-7-9-14(10)12(16)11(15)13(3,4)6-2/h10H,5-9H2,1-4H3/t10-/m1/s1. The van der Waals surface area contributed by atoms with Crippen LogP contribution in [0, 0.1) is 5.41 Å². The molecular formula is C13H23NO2. The average Bonchev–Trinajstić information content (AvgIpc) is 2.74. The molecule has 1 saturated heterocycles. The van der Waals surface area contributed by atoms with Crippen molar-refractivity contribution in [2.24, 2.45) is 5.41 Å². The minimum atomic E-state index is -0.516. The molecule has 1 rings (SSSR count). The molecule has 0 saturated carbocycles. The van der Waals surface area contributed by atoms with E-state index >= 15 is 0 Å². The first-order chi connectivity index (χ1) is 7.44. The molecule has 0 bridgehead atoms. The van der Waals surface area contributed by atoms with E-state index in [-0.39, 0.29) is 17.7 Å². The minimum Gasteiger partial charge on any atom is -0.333 e. The van der Waals surface area contributed by atoms with Crippen molar-refractivity contribution in [1.82, 2.24) is 4.90 Å². The van der Waals surface area contributed by atoms with Crippen LogP contribution in [0.1, 0.15) is 53.4 Å². The van der Waals surface area contributed by atoms with Crippen molar-refractivity contribution in [2.45, 2.75) is 59.4 Å². The fourth-order valence-electron chi connectivity index (χ4n) is 2.11. The normalized spacial score (nSPS) is 21.2. The van der Waals surface area contributed by atoms with Crippen LogP contribution in [0.2, 0.25) is 0 Å². The van der Waals surface area contributed by atoms with E-state index in [9.17, 15) is 9.59 Å². The zero-order valence-corrected chi connectivity index (χ0v) is 10.9. The summed E-state index contributed by atoms with van der Waals surface area (Å²) in [6, 6.07) is 0.282. The van der Waals surface area contributed by atoms with E-state index in [0.717, 1.165) is 25.8 Å². The second-order valence-electron chi connectivity index (χ2n) is 5.27. The van der Waals surface area contributed by atoms with Gasteiger partial charge in [0.1, 0.15) is 0 Å². The highest BCUT2D eigenvalue weighted by molar-refractivity contribution is 6.38. The van der Waals surface area contributed by atoms with Gasteiger partial charge in [-0.25, -0.2) is 0 Å². The van der Waals surface area contributed by atoms with Gasteiger partial charge in [0.2, 0.25) is 5.78 Å². The minimum absolute atomic E-state index is 0.227. The first-order valence-electron chi connectivity index (χ1n) is 6.29. The zero-order valence-electron chi connectivity index (χ0n) is 10.9. The number of hydrogen-bond acceptors (Lipinski definition) is 2. The molecule has 0 unspecified atom stereocenters. The molecule has 3 heteroatoms. The number of ketones is 1. The van der Waals surface area contributed by atoms with Crippen LogP contribution in [0.4, 0.5) is 0 Å². The molecule has 1 aliphatic heterocycles. The van der Waals surface area contributed by atoms with E-state index in [2.05, 4.69) is 6.92 Å². The van der Waals surface area contributed by atoms with E-state index in [0.29, 0.717) is 6.42 Å². The van der Waals surface area contributed by atoms with Gasteiger partial charge in [0.25, 0.3) is 5.91 Å². The number of carbonyl (C=O) groups excluding carboxylic acids is 2. The van der Waals surface area contributed by atoms with Crippen LogP contribution in [-0.2, 0) is 9.59 Å². The Bertz CT molecular complexity index is 284. The van der Waals surface area contributed by atoms with Gasteiger partial charge in [-0.3, -0.25) is 9.59 Å². The summed E-state index contributed by atoms with van der Waals surface area (Å²) >= 11 is 0. The third-order valence-corrected chi connectivity index (χ3v) is 3.80. The van der Waals surface area contributed by atoms with Crippen molar-refractivity contribution in [3.05, 3.63) is 0 Å². The fourth-order valence-corrected chi connectivity index (χ4v) is 2.11. The lowest BCUT2D eigenvalue weighted by Gasteiger charge is -2.27. The van der Waals surface area contributed by atoms with Gasteiger partial charge in [0, 0.05) is 18.0 Å². The number of nitrogens with zero attached hydrogens (tertiary/aromatic N) is 1. The van der Waals surface area contributed by atoms with Crippen molar-refractivity contribution >= 4 is 11.7 Å². The van der Waals surface area contributed by atoms with Gasteiger partial charge in [-0.05, 0) is 25.7 Å². The molecule has 0 aromatic carbocycles. The van der Waals surface area contributed by atoms with E-state index in [1.165, 1.54) is 0 Å². The Labute approximate surface area is 98.2 Å². The number of hydrogen-bond donors (Lipinski definition) is 0. The fraction of sp³-hybridized carbons (Fsp3) is 0.846. The third-order valence-electron chi connectivity index (χ3n) is 3.80. The molecule has 0 aromatic rings. The largest absolute Gasteiger partial charge is 0.333 e. The number of carbonyl (C=O) groups is 2. The third kappa shape index (κ3) is 2.45. The number of rotatable bonds is 4. The highest BCUT2D eigenvalue weighted by atomic mass is 16.2. The van der Waals surface area contributed by atoms with Gasteiger partial charge >= 0.3 is 0 Å². The van der Waals surface area contributed by atoms with Crippen molar-refractivity contribution in [2.75, 3.05) is 6.54 Å². The van der Waals surface area contributed by atoms with Crippen molar-refractivity contribution in [3.63, 3.8) is 0 Å². The predicted octanol–water partition coefficient (Wildman–Crippen LogP) is 2.39. The van der Waals surface area contributed by atoms with E-state index in [4.69, 9.17) is 0 Å². The smallest absolute Gasteiger partial charge is 0.290 e. The Balaban J connectivity index is 2.74. The second kappa shape index (κ2) is 4.98. The van der Waals surface area contributed by atoms with Crippen molar-refractivity contribution < 1.29 is 9.59 Å². The lowest BCUT2D eigenvalue weighted by Crippen LogP contribution is -2.44. The Hall–Kier alpha value is -0.860. The van der Waals surface area contributed by atoms with Crippen LogP contribution in [0.15, 0.2) is 0 Å². The van der Waals surface area contributed by atoms with E-state index < -0.39 is 5.41 Å². The zero-order chi connectivity index (χ0) is 12.3. The molecule has 92 valence electrons. The van der Waals surface area contributed by atoms with Gasteiger partial charge in [0.05, 0.1) is 0 Å². The molecule has 0 aliphatic carbocycles. The van der Waals surface area contributed by atoms with Gasteiger partial charge in [0.15, 0.2) is 0 Å². The highest BCUT2D eigenvalue weighted by Crippen LogP contribution is 2.26. The van der Waals surface area contributed by atoms with Gasteiger partial charge in [-0.15, -0.1) is 0 Å². The molecule has 0 spiro atoms. The van der Waals surface area contributed by atoms with E-state index in [1.807, 2.05) is 20.8 Å². The molecule has 0 aromatic heterocycles. The molecule has 1 amide bonds. The number of likely N-dealkylation sites (tertiary alicyclic amines) is 1. The number of amides is 1. The molecule has 0 radical (unpaired) electrons. The Morgan fingerprint density at radius 3 is 2.44 bits per heavy atom. The quantitative estimate of drug-likeness (QED) is 0.689. The van der Waals surface area contributed by atoms with Crippen LogP contribution < -0.4 is 0 Å². The summed E-state index contributed by atoms with van der Waals surface area (Å²) in [7, 11) is 0. The van der Waals surface area contributed by atoms with Crippen molar-refractivity contribution in [3.8, 4) is 0 Å². The summed E-state index contributed by atoms with van der Waals surface area (Å²) in [5, 5.41) is 0. The van der Waals surface area contributed by atoms with Crippen molar-refractivity contribution in [1.29, 1.82) is 0 Å². The van der Waals surface area contributed by atoms with Crippen LogP contribution in [0.3, 0.4) is 0 Å². The second-order valence-corrected chi connectivity index (χ2v) is 5.27. The molecule has 3 nitrogen and oxygen atoms in total. The molecule has 1 atom stereocenters. The maximum atomic E-state index is 12.1. The molecule has 0 N–H and O–H groups in total. The van der Waals surface area contributed by atoms with Crippen LogP contribution in [0.25, 0.3) is 0 Å². The lowest BCUT2D eigenvalue weighted by atomic mass is 9.84. The van der Waals surface area contributed by atoms with Crippen LogP contribution in [0.5, 0.6) is 0 Å². The predicted molar refractivity (Wildman–Crippen MR) is 64.1 cm³/mol. The van der Waals surface area contributed by atoms with Gasteiger partial charge < -0.3 is 4.90 Å². The Morgan fingerprint density at radius 1 is 1.31 bits per heavy atom. The first-order valence-corrected chi connectivity index (χ1v) is 6.29. The molecule has 1 aliphatic rings. The van der Waals surface area contributed by atoms with Gasteiger partial charge in [-0.1, -0.05) is 27.7 Å². The summed E-state index contributed by atoms with van der Waals surface area (Å²) in [4.78, 5) is 25.9. The molecular weight excluding hydrogens is 202 g/mol. The first kappa shape index (κ1) is 13.2. The summed E-state index contributed by atoms with van der Waals surface area (Å²) < 4.78 is 0. The lowest BCUT2D eigenvalue weighted by molar-refractivity contribution is -0.149. The average molecular weight is 225 g/mol. The topological polar surface area (TPSA) is 37.4 Å². The SMILES string of the molecule is CC[C@@H]1CCCN1C(=O)C(=O)C(C)(C)CC. The maximum absolute atomic E-state index is 12.1. The summed E-state index contributed by atoms with van der Waals surface area (Å²) in [5.41, 5.74) is -0.516. The maximum Gasteiger partial charge on any atom is 0.290 e. The van der Waals surface area contributed by atoms with Gasteiger partial charge in [-0.2, -0.15) is 0 Å². The molecule has 1 heterocycles. The Kier molecular flexibility index (Phi) is 4.11.